The van der Waals surface area contributed by atoms with Crippen LogP contribution in [-0.4, -0.2) is 20.7 Å². The minimum Gasteiger partial charge on any atom is -0.383 e. The van der Waals surface area contributed by atoms with Crippen LogP contribution in [0.3, 0.4) is 0 Å². The third-order valence-corrected chi connectivity index (χ3v) is 4.24. The van der Waals surface area contributed by atoms with Crippen LogP contribution in [0.1, 0.15) is 28.5 Å². The zero-order chi connectivity index (χ0) is 22.3. The van der Waals surface area contributed by atoms with Crippen molar-refractivity contribution in [3.63, 3.8) is 0 Å². The number of pyridine rings is 1. The lowest BCUT2D eigenvalue weighted by atomic mass is 10.1. The van der Waals surface area contributed by atoms with E-state index in [2.05, 4.69) is 15.4 Å². The fourth-order valence-electron chi connectivity index (χ4n) is 2.74. The third kappa shape index (κ3) is 4.39. The van der Waals surface area contributed by atoms with Crippen LogP contribution >= 0.6 is 0 Å². The van der Waals surface area contributed by atoms with Gasteiger partial charge in [-0.3, -0.25) is 9.48 Å². The van der Waals surface area contributed by atoms with Gasteiger partial charge in [-0.15, -0.1) is 0 Å². The molecule has 0 spiro atoms. The number of carbonyl (C=O) groups excluding carboxylic acids is 1. The molecule has 0 radical (unpaired) electrons. The summed E-state index contributed by atoms with van der Waals surface area (Å²) in [7, 11) is 1.33. The Morgan fingerprint density at radius 2 is 1.80 bits per heavy atom. The average molecular weight is 425 g/mol. The van der Waals surface area contributed by atoms with Gasteiger partial charge in [0.1, 0.15) is 11.6 Å². The van der Waals surface area contributed by atoms with Gasteiger partial charge in [0.15, 0.2) is 5.69 Å². The van der Waals surface area contributed by atoms with Crippen LogP contribution in [0.4, 0.5) is 33.6 Å². The molecule has 2 aromatic heterocycles. The number of nitrogens with two attached hydrogens (primary N) is 1. The van der Waals surface area contributed by atoms with Crippen LogP contribution in [-0.2, 0) is 19.1 Å². The first-order valence-electron chi connectivity index (χ1n) is 8.54. The predicted octanol–water partition coefficient (Wildman–Crippen LogP) is 4.45. The van der Waals surface area contributed by atoms with Crippen LogP contribution in [0.5, 0.6) is 0 Å². The molecule has 0 bridgehead atoms. The number of aromatic nitrogens is 3. The van der Waals surface area contributed by atoms with E-state index in [9.17, 15) is 26.7 Å². The molecule has 0 aliphatic rings. The first kappa shape index (κ1) is 21.2. The standard InChI is InChI=1S/C19H16F5N5O/c1-18(20,21)11-5-3-4-10(8-11)17(30)27-15-7-6-12(16(25)26-15)13-9-14(19(22,23)24)28-29(13)2/h3-9H,1-2H3,(H3,25,26,27,30). The van der Waals surface area contributed by atoms with Gasteiger partial charge in [0.25, 0.3) is 11.8 Å². The lowest BCUT2D eigenvalue weighted by Gasteiger charge is -2.12. The van der Waals surface area contributed by atoms with E-state index in [0.29, 0.717) is 6.92 Å². The summed E-state index contributed by atoms with van der Waals surface area (Å²) >= 11 is 0. The van der Waals surface area contributed by atoms with E-state index < -0.39 is 23.7 Å². The molecule has 0 saturated carbocycles. The highest BCUT2D eigenvalue weighted by atomic mass is 19.4. The van der Waals surface area contributed by atoms with Crippen LogP contribution < -0.4 is 11.1 Å². The van der Waals surface area contributed by atoms with E-state index in [1.54, 1.807) is 0 Å². The fraction of sp³-hybridized carbons (Fsp3) is 0.211. The minimum atomic E-state index is -4.62. The molecule has 0 fully saturated rings. The zero-order valence-corrected chi connectivity index (χ0v) is 15.8. The van der Waals surface area contributed by atoms with Gasteiger partial charge in [-0.1, -0.05) is 12.1 Å². The molecule has 1 amide bonds. The van der Waals surface area contributed by atoms with E-state index in [0.717, 1.165) is 16.8 Å². The number of hydrogen-bond acceptors (Lipinski definition) is 4. The first-order chi connectivity index (χ1) is 13.9. The highest BCUT2D eigenvalue weighted by Gasteiger charge is 2.35. The zero-order valence-electron chi connectivity index (χ0n) is 15.8. The summed E-state index contributed by atoms with van der Waals surface area (Å²) in [5, 5.41) is 5.84. The van der Waals surface area contributed by atoms with E-state index in [-0.39, 0.29) is 34.0 Å². The molecular weight excluding hydrogens is 409 g/mol. The van der Waals surface area contributed by atoms with Crippen molar-refractivity contribution >= 4 is 17.5 Å². The van der Waals surface area contributed by atoms with Crippen molar-refractivity contribution in [3.8, 4) is 11.3 Å². The molecule has 0 aliphatic heterocycles. The Balaban J connectivity index is 1.85. The predicted molar refractivity (Wildman–Crippen MR) is 99.8 cm³/mol. The number of nitrogens with one attached hydrogen (secondary N) is 1. The number of benzene rings is 1. The highest BCUT2D eigenvalue weighted by molar-refractivity contribution is 6.04. The number of aryl methyl sites for hydroxylation is 1. The summed E-state index contributed by atoms with van der Waals surface area (Å²) < 4.78 is 66.5. The number of rotatable bonds is 4. The molecule has 0 aliphatic carbocycles. The SMILES string of the molecule is Cn1nc(C(F)(F)F)cc1-c1ccc(NC(=O)c2cccc(C(C)(F)F)c2)nc1N. The number of amides is 1. The van der Waals surface area contributed by atoms with Gasteiger partial charge in [0.2, 0.25) is 0 Å². The third-order valence-electron chi connectivity index (χ3n) is 4.24. The molecule has 6 nitrogen and oxygen atoms in total. The normalized spacial score (nSPS) is 12.1. The highest BCUT2D eigenvalue weighted by Crippen LogP contribution is 2.33. The molecule has 0 saturated heterocycles. The smallest absolute Gasteiger partial charge is 0.383 e. The van der Waals surface area contributed by atoms with Crippen LogP contribution in [0.25, 0.3) is 11.3 Å². The quantitative estimate of drug-likeness (QED) is 0.605. The van der Waals surface area contributed by atoms with E-state index >= 15 is 0 Å². The van der Waals surface area contributed by atoms with Gasteiger partial charge < -0.3 is 11.1 Å². The van der Waals surface area contributed by atoms with Gasteiger partial charge in [-0.2, -0.15) is 18.3 Å². The maximum Gasteiger partial charge on any atom is 0.435 e. The van der Waals surface area contributed by atoms with Gasteiger partial charge >= 0.3 is 6.18 Å². The van der Waals surface area contributed by atoms with Crippen molar-refractivity contribution in [2.24, 2.45) is 7.05 Å². The number of alkyl halides is 5. The summed E-state index contributed by atoms with van der Waals surface area (Å²) in [5.74, 6) is -3.94. The largest absolute Gasteiger partial charge is 0.435 e. The van der Waals surface area contributed by atoms with Crippen LogP contribution in [0, 0.1) is 0 Å². The van der Waals surface area contributed by atoms with Crippen molar-refractivity contribution < 1.29 is 26.7 Å². The van der Waals surface area contributed by atoms with E-state index in [1.807, 2.05) is 0 Å². The van der Waals surface area contributed by atoms with Crippen molar-refractivity contribution in [1.82, 2.24) is 14.8 Å². The lowest BCUT2D eigenvalue weighted by molar-refractivity contribution is -0.141. The molecule has 2 heterocycles. The number of nitrogens with zero attached hydrogens (tertiary/aromatic N) is 3. The molecule has 3 rings (SSSR count). The van der Waals surface area contributed by atoms with Crippen LogP contribution in [0.2, 0.25) is 0 Å². The molecule has 1 aromatic carbocycles. The van der Waals surface area contributed by atoms with Crippen molar-refractivity contribution in [2.75, 3.05) is 11.1 Å². The number of carbonyl (C=O) groups is 1. The summed E-state index contributed by atoms with van der Waals surface area (Å²) in [4.78, 5) is 16.3. The minimum absolute atomic E-state index is 0.00752. The summed E-state index contributed by atoms with van der Waals surface area (Å²) in [6.45, 7) is 0.716. The van der Waals surface area contributed by atoms with E-state index in [1.165, 1.54) is 37.4 Å². The number of anilines is 2. The maximum atomic E-state index is 13.5. The molecule has 158 valence electrons. The lowest BCUT2D eigenvalue weighted by Crippen LogP contribution is -2.15. The average Bonchev–Trinajstić information content (AvgIpc) is 3.03. The summed E-state index contributed by atoms with van der Waals surface area (Å²) in [6, 6.07) is 8.49. The summed E-state index contributed by atoms with van der Waals surface area (Å²) in [6.07, 6.45) is -4.62. The second kappa shape index (κ2) is 7.39. The van der Waals surface area contributed by atoms with Gasteiger partial charge in [0, 0.05) is 30.7 Å². The first-order valence-corrected chi connectivity index (χ1v) is 8.54. The monoisotopic (exact) mass is 425 g/mol. The topological polar surface area (TPSA) is 85.8 Å². The molecule has 3 N–H and O–H groups in total. The van der Waals surface area contributed by atoms with Crippen LogP contribution in [0.15, 0.2) is 42.5 Å². The Labute approximate surface area is 167 Å². The molecule has 0 unspecified atom stereocenters. The van der Waals surface area contributed by atoms with E-state index in [4.69, 9.17) is 5.73 Å². The molecule has 11 heteroatoms. The Morgan fingerprint density at radius 1 is 1.10 bits per heavy atom. The Hall–Kier alpha value is -3.50. The number of halogens is 5. The number of hydrogen-bond donors (Lipinski definition) is 2. The van der Waals surface area contributed by atoms with Crippen molar-refractivity contribution in [2.45, 2.75) is 19.0 Å². The molecule has 3 aromatic rings. The van der Waals surface area contributed by atoms with Gasteiger partial charge in [-0.25, -0.2) is 13.8 Å². The number of nitrogen functional groups attached to an aromatic ring is 1. The Kier molecular flexibility index (Phi) is 5.23. The van der Waals surface area contributed by atoms with Gasteiger partial charge in [-0.05, 0) is 30.3 Å². The summed E-state index contributed by atoms with van der Waals surface area (Å²) in [5.41, 5.74) is 4.71. The van der Waals surface area contributed by atoms with Gasteiger partial charge in [0.05, 0.1) is 5.69 Å². The second-order valence-electron chi connectivity index (χ2n) is 6.59. The Morgan fingerprint density at radius 3 is 2.37 bits per heavy atom. The van der Waals surface area contributed by atoms with Crippen molar-refractivity contribution in [3.05, 3.63) is 59.3 Å². The molecule has 0 atom stereocenters. The fourth-order valence-corrected chi connectivity index (χ4v) is 2.74. The van der Waals surface area contributed by atoms with Crippen molar-refractivity contribution in [1.29, 1.82) is 0 Å². The molecular formula is C19H16F5N5O. The maximum absolute atomic E-state index is 13.5. The Bertz CT molecular complexity index is 1100. The molecule has 30 heavy (non-hydrogen) atoms. The second-order valence-corrected chi connectivity index (χ2v) is 6.59.